The van der Waals surface area contributed by atoms with E-state index in [0.717, 1.165) is 19.6 Å². The van der Waals surface area contributed by atoms with Gasteiger partial charge in [-0.25, -0.2) is 0 Å². The van der Waals surface area contributed by atoms with Crippen molar-refractivity contribution in [2.45, 2.75) is 13.5 Å². The Labute approximate surface area is 159 Å². The molecule has 0 saturated carbocycles. The summed E-state index contributed by atoms with van der Waals surface area (Å²) in [7, 11) is 0. The second-order valence-electron chi connectivity index (χ2n) is 6.75. The fourth-order valence-electron chi connectivity index (χ4n) is 3.23. The molecule has 3 rings (SSSR count). The molecule has 2 aromatic rings. The van der Waals surface area contributed by atoms with E-state index in [9.17, 15) is 9.59 Å². The molecule has 2 amide bonds. The van der Waals surface area contributed by atoms with Gasteiger partial charge in [-0.3, -0.25) is 14.5 Å². The number of ether oxygens (including phenoxy) is 1. The third-order valence-corrected chi connectivity index (χ3v) is 4.80. The van der Waals surface area contributed by atoms with Crippen LogP contribution < -0.4 is 10.5 Å². The molecule has 6 nitrogen and oxygen atoms in total. The van der Waals surface area contributed by atoms with Gasteiger partial charge < -0.3 is 15.4 Å². The number of carbonyl (C=O) groups excluding carboxylic acids is 2. The Kier molecular flexibility index (Phi) is 6.08. The zero-order valence-electron chi connectivity index (χ0n) is 15.6. The number of piperazine rings is 1. The standard InChI is InChI=1S/C21H25N3O3/c1-16-6-2-3-7-17(16)14-23-10-12-24(13-11-23)21(26)18-8-4-5-9-19(18)27-15-20(22)25/h2-9H,10-15H2,1H3,(H2,22,25). The van der Waals surface area contributed by atoms with Crippen molar-refractivity contribution in [1.29, 1.82) is 0 Å². The third kappa shape index (κ3) is 4.86. The lowest BCUT2D eigenvalue weighted by atomic mass is 10.1. The number of nitrogens with zero attached hydrogens (tertiary/aromatic N) is 2. The van der Waals surface area contributed by atoms with Crippen LogP contribution in [-0.4, -0.2) is 54.4 Å². The number of amides is 2. The molecule has 1 aliphatic rings. The smallest absolute Gasteiger partial charge is 0.257 e. The second-order valence-corrected chi connectivity index (χ2v) is 6.75. The first-order valence-corrected chi connectivity index (χ1v) is 9.11. The second kappa shape index (κ2) is 8.68. The third-order valence-electron chi connectivity index (χ3n) is 4.80. The highest BCUT2D eigenvalue weighted by Crippen LogP contribution is 2.21. The van der Waals surface area contributed by atoms with Gasteiger partial charge in [0.25, 0.3) is 11.8 Å². The minimum absolute atomic E-state index is 0.0781. The Morgan fingerprint density at radius 3 is 2.37 bits per heavy atom. The molecule has 2 aromatic carbocycles. The van der Waals surface area contributed by atoms with Crippen molar-refractivity contribution in [3.05, 3.63) is 65.2 Å². The van der Waals surface area contributed by atoms with Gasteiger partial charge >= 0.3 is 0 Å². The highest BCUT2D eigenvalue weighted by Gasteiger charge is 2.24. The van der Waals surface area contributed by atoms with Crippen molar-refractivity contribution in [3.8, 4) is 5.75 Å². The summed E-state index contributed by atoms with van der Waals surface area (Å²) in [6.45, 7) is 5.75. The summed E-state index contributed by atoms with van der Waals surface area (Å²) in [5, 5.41) is 0. The quantitative estimate of drug-likeness (QED) is 0.845. The van der Waals surface area contributed by atoms with Crippen LogP contribution in [-0.2, 0) is 11.3 Å². The first kappa shape index (κ1) is 18.9. The summed E-state index contributed by atoms with van der Waals surface area (Å²) in [5.41, 5.74) is 8.21. The van der Waals surface area contributed by atoms with E-state index in [1.165, 1.54) is 11.1 Å². The van der Waals surface area contributed by atoms with Gasteiger partial charge in [-0.2, -0.15) is 0 Å². The lowest BCUT2D eigenvalue weighted by molar-refractivity contribution is -0.119. The summed E-state index contributed by atoms with van der Waals surface area (Å²) < 4.78 is 5.39. The monoisotopic (exact) mass is 367 g/mol. The molecule has 0 atom stereocenters. The Morgan fingerprint density at radius 1 is 1.00 bits per heavy atom. The molecule has 0 spiro atoms. The molecule has 0 unspecified atom stereocenters. The summed E-state index contributed by atoms with van der Waals surface area (Å²) in [5.74, 6) is -0.253. The lowest BCUT2D eigenvalue weighted by Crippen LogP contribution is -2.48. The Balaban J connectivity index is 1.60. The first-order valence-electron chi connectivity index (χ1n) is 9.11. The zero-order chi connectivity index (χ0) is 19.2. The largest absolute Gasteiger partial charge is 0.483 e. The van der Waals surface area contributed by atoms with Crippen LogP contribution in [0.3, 0.4) is 0 Å². The zero-order valence-corrected chi connectivity index (χ0v) is 15.6. The number of hydrogen-bond acceptors (Lipinski definition) is 4. The molecule has 0 bridgehead atoms. The average molecular weight is 367 g/mol. The highest BCUT2D eigenvalue weighted by atomic mass is 16.5. The minimum atomic E-state index is -0.568. The van der Waals surface area contributed by atoms with E-state index in [1.807, 2.05) is 11.0 Å². The van der Waals surface area contributed by atoms with Crippen LogP contribution in [0, 0.1) is 6.92 Å². The Morgan fingerprint density at radius 2 is 1.67 bits per heavy atom. The summed E-state index contributed by atoms with van der Waals surface area (Å²) in [6.07, 6.45) is 0. The molecule has 142 valence electrons. The predicted molar refractivity (Wildman–Crippen MR) is 103 cm³/mol. The number of para-hydroxylation sites is 1. The molecule has 1 saturated heterocycles. The van der Waals surface area contributed by atoms with Crippen LogP contribution >= 0.6 is 0 Å². The van der Waals surface area contributed by atoms with Crippen molar-refractivity contribution in [3.63, 3.8) is 0 Å². The minimum Gasteiger partial charge on any atom is -0.483 e. The molecule has 2 N–H and O–H groups in total. The van der Waals surface area contributed by atoms with Crippen LogP contribution in [0.1, 0.15) is 21.5 Å². The van der Waals surface area contributed by atoms with E-state index < -0.39 is 5.91 Å². The molecular weight excluding hydrogens is 342 g/mol. The number of nitrogens with two attached hydrogens (primary N) is 1. The number of benzene rings is 2. The van der Waals surface area contributed by atoms with Gasteiger partial charge in [-0.1, -0.05) is 36.4 Å². The van der Waals surface area contributed by atoms with Crippen molar-refractivity contribution in [1.82, 2.24) is 9.80 Å². The first-order chi connectivity index (χ1) is 13.0. The molecule has 1 heterocycles. The van der Waals surface area contributed by atoms with Gasteiger partial charge in [0.15, 0.2) is 6.61 Å². The SMILES string of the molecule is Cc1ccccc1CN1CCN(C(=O)c2ccccc2OCC(N)=O)CC1. The maximum Gasteiger partial charge on any atom is 0.257 e. The van der Waals surface area contributed by atoms with E-state index in [1.54, 1.807) is 24.3 Å². The molecule has 1 aliphatic heterocycles. The molecule has 6 heteroatoms. The van der Waals surface area contributed by atoms with Crippen LogP contribution in [0.5, 0.6) is 5.75 Å². The van der Waals surface area contributed by atoms with Crippen LogP contribution in [0.15, 0.2) is 48.5 Å². The van der Waals surface area contributed by atoms with Gasteiger partial charge in [0.05, 0.1) is 5.56 Å². The van der Waals surface area contributed by atoms with E-state index >= 15 is 0 Å². The fraction of sp³-hybridized carbons (Fsp3) is 0.333. The molecule has 0 aliphatic carbocycles. The maximum absolute atomic E-state index is 12.9. The Hall–Kier alpha value is -2.86. The summed E-state index contributed by atoms with van der Waals surface area (Å²) in [6, 6.07) is 15.4. The predicted octanol–water partition coefficient (Wildman–Crippen LogP) is 1.82. The van der Waals surface area contributed by atoms with Crippen molar-refractivity contribution < 1.29 is 14.3 Å². The van der Waals surface area contributed by atoms with Gasteiger partial charge in [-0.15, -0.1) is 0 Å². The van der Waals surface area contributed by atoms with Gasteiger partial charge in [0.2, 0.25) is 0 Å². The van der Waals surface area contributed by atoms with Crippen molar-refractivity contribution in [2.75, 3.05) is 32.8 Å². The van der Waals surface area contributed by atoms with E-state index in [4.69, 9.17) is 10.5 Å². The number of hydrogen-bond donors (Lipinski definition) is 1. The van der Waals surface area contributed by atoms with Crippen molar-refractivity contribution >= 4 is 11.8 Å². The highest BCUT2D eigenvalue weighted by molar-refractivity contribution is 5.97. The number of carbonyl (C=O) groups is 2. The van der Waals surface area contributed by atoms with E-state index in [-0.39, 0.29) is 12.5 Å². The van der Waals surface area contributed by atoms with Crippen LogP contribution in [0.2, 0.25) is 0 Å². The average Bonchev–Trinajstić information content (AvgIpc) is 2.68. The topological polar surface area (TPSA) is 75.9 Å². The van der Waals surface area contributed by atoms with Gasteiger partial charge in [-0.05, 0) is 30.2 Å². The van der Waals surface area contributed by atoms with Crippen LogP contribution in [0.4, 0.5) is 0 Å². The number of rotatable bonds is 6. The maximum atomic E-state index is 12.9. The van der Waals surface area contributed by atoms with Crippen LogP contribution in [0.25, 0.3) is 0 Å². The normalized spacial score (nSPS) is 14.8. The molecule has 0 radical (unpaired) electrons. The molecule has 0 aromatic heterocycles. The van der Waals surface area contributed by atoms with E-state index in [0.29, 0.717) is 24.4 Å². The van der Waals surface area contributed by atoms with Gasteiger partial charge in [0.1, 0.15) is 5.75 Å². The number of aryl methyl sites for hydroxylation is 1. The molecule has 1 fully saturated rings. The Bertz CT molecular complexity index is 814. The molecule has 27 heavy (non-hydrogen) atoms. The summed E-state index contributed by atoms with van der Waals surface area (Å²) in [4.78, 5) is 28.1. The lowest BCUT2D eigenvalue weighted by Gasteiger charge is -2.35. The van der Waals surface area contributed by atoms with Gasteiger partial charge in [0, 0.05) is 32.7 Å². The van der Waals surface area contributed by atoms with Crippen molar-refractivity contribution in [2.24, 2.45) is 5.73 Å². The van der Waals surface area contributed by atoms with E-state index in [2.05, 4.69) is 30.0 Å². The number of primary amides is 1. The summed E-state index contributed by atoms with van der Waals surface area (Å²) >= 11 is 0. The molecular formula is C21H25N3O3. The fourth-order valence-corrected chi connectivity index (χ4v) is 3.23.